The number of aromatic amines is 1. The number of esters is 1. The van der Waals surface area contributed by atoms with Gasteiger partial charge in [-0.05, 0) is 38.2 Å². The molecule has 3 heterocycles. The molecule has 148 valence electrons. The predicted molar refractivity (Wildman–Crippen MR) is 102 cm³/mol. The largest absolute Gasteiger partial charge is 0.465 e. The van der Waals surface area contributed by atoms with Gasteiger partial charge >= 0.3 is 5.97 Å². The molecule has 2 aliphatic rings. The minimum atomic E-state index is -0.698. The molecule has 1 amide bonds. The molecule has 0 radical (unpaired) electrons. The van der Waals surface area contributed by atoms with Crippen molar-refractivity contribution in [2.45, 2.75) is 51.1 Å². The number of ether oxygens (including phenoxy) is 1. The molecule has 2 saturated heterocycles. The Kier molecular flexibility index (Phi) is 4.78. The second-order valence-electron chi connectivity index (χ2n) is 7.61. The van der Waals surface area contributed by atoms with Crippen LogP contribution in [0.5, 0.6) is 0 Å². The molecule has 0 saturated carbocycles. The monoisotopic (exact) mass is 383 g/mol. The van der Waals surface area contributed by atoms with Gasteiger partial charge in [-0.1, -0.05) is 30.3 Å². The highest BCUT2D eigenvalue weighted by atomic mass is 16.5. The summed E-state index contributed by atoms with van der Waals surface area (Å²) in [4.78, 5) is 32.1. The van der Waals surface area contributed by atoms with Crippen molar-refractivity contribution in [2.24, 2.45) is 5.41 Å². The van der Waals surface area contributed by atoms with Crippen LogP contribution in [-0.4, -0.2) is 50.6 Å². The highest BCUT2D eigenvalue weighted by Crippen LogP contribution is 2.52. The van der Waals surface area contributed by atoms with E-state index < -0.39 is 5.41 Å². The Morgan fingerprint density at radius 3 is 2.79 bits per heavy atom. The van der Waals surface area contributed by atoms with Crippen LogP contribution in [0.2, 0.25) is 0 Å². The zero-order valence-corrected chi connectivity index (χ0v) is 15.9. The molecular formula is C20H25N5O3. The van der Waals surface area contributed by atoms with Gasteiger partial charge in [-0.25, -0.2) is 0 Å². The number of hydrogen-bond acceptors (Lipinski definition) is 6. The van der Waals surface area contributed by atoms with E-state index in [0.717, 1.165) is 18.4 Å². The molecule has 8 heteroatoms. The molecule has 4 rings (SSSR count). The van der Waals surface area contributed by atoms with Crippen LogP contribution in [0, 0.1) is 5.41 Å². The summed E-state index contributed by atoms with van der Waals surface area (Å²) in [7, 11) is 0. The maximum absolute atomic E-state index is 13.1. The fourth-order valence-corrected chi connectivity index (χ4v) is 4.90. The normalized spacial score (nSPS) is 25.8. The summed E-state index contributed by atoms with van der Waals surface area (Å²) in [6.07, 6.45) is 3.02. The second kappa shape index (κ2) is 7.26. The maximum atomic E-state index is 13.1. The van der Waals surface area contributed by atoms with Crippen molar-refractivity contribution in [3.05, 3.63) is 41.7 Å². The topological polar surface area (TPSA) is 114 Å². The van der Waals surface area contributed by atoms with E-state index >= 15 is 0 Å². The minimum Gasteiger partial charge on any atom is -0.465 e. The van der Waals surface area contributed by atoms with E-state index in [1.54, 1.807) is 0 Å². The van der Waals surface area contributed by atoms with Crippen LogP contribution < -0.4 is 5.73 Å². The number of H-pyrrole nitrogens is 1. The molecule has 0 unspecified atom stereocenters. The number of rotatable bonds is 6. The van der Waals surface area contributed by atoms with Gasteiger partial charge in [0.15, 0.2) is 0 Å². The lowest BCUT2D eigenvalue weighted by atomic mass is 9.70. The van der Waals surface area contributed by atoms with Crippen molar-refractivity contribution in [2.75, 3.05) is 12.3 Å². The van der Waals surface area contributed by atoms with Crippen LogP contribution in [0.25, 0.3) is 0 Å². The molecule has 1 aromatic carbocycles. The van der Waals surface area contributed by atoms with Gasteiger partial charge in [0.2, 0.25) is 11.9 Å². The molecule has 2 aromatic rings. The number of benzene rings is 1. The number of hydrogen-bond donors (Lipinski definition) is 2. The van der Waals surface area contributed by atoms with Gasteiger partial charge < -0.3 is 15.4 Å². The van der Waals surface area contributed by atoms with E-state index in [9.17, 15) is 9.59 Å². The first-order valence-corrected chi connectivity index (χ1v) is 9.72. The van der Waals surface area contributed by atoms with Crippen molar-refractivity contribution in [1.82, 2.24) is 20.1 Å². The van der Waals surface area contributed by atoms with Crippen molar-refractivity contribution < 1.29 is 14.3 Å². The third kappa shape index (κ3) is 3.12. The third-order valence-electron chi connectivity index (χ3n) is 5.94. The Morgan fingerprint density at radius 1 is 1.32 bits per heavy atom. The quantitative estimate of drug-likeness (QED) is 0.731. The van der Waals surface area contributed by atoms with Gasteiger partial charge in [-0.3, -0.25) is 14.7 Å². The summed E-state index contributed by atoms with van der Waals surface area (Å²) >= 11 is 0. The molecule has 1 aromatic heterocycles. The summed E-state index contributed by atoms with van der Waals surface area (Å²) in [5.41, 5.74) is 5.92. The fourth-order valence-electron chi connectivity index (χ4n) is 4.90. The average Bonchev–Trinajstić information content (AvgIpc) is 3.36. The van der Waals surface area contributed by atoms with E-state index in [4.69, 9.17) is 10.5 Å². The lowest BCUT2D eigenvalue weighted by Gasteiger charge is -2.35. The van der Waals surface area contributed by atoms with Crippen molar-refractivity contribution in [3.63, 3.8) is 0 Å². The van der Waals surface area contributed by atoms with Crippen LogP contribution in [0.15, 0.2) is 30.3 Å². The lowest BCUT2D eigenvalue weighted by Crippen LogP contribution is -2.47. The number of nitrogen functional groups attached to an aromatic ring is 1. The Hall–Kier alpha value is -2.90. The van der Waals surface area contributed by atoms with E-state index in [0.29, 0.717) is 25.3 Å². The molecule has 3 N–H and O–H groups in total. The number of anilines is 1. The lowest BCUT2D eigenvalue weighted by molar-refractivity contribution is -0.158. The molecule has 0 spiro atoms. The first kappa shape index (κ1) is 18.5. The average molecular weight is 383 g/mol. The second-order valence-corrected chi connectivity index (χ2v) is 7.61. The van der Waals surface area contributed by atoms with Gasteiger partial charge in [-0.2, -0.15) is 4.98 Å². The number of carbonyl (C=O) groups excluding carboxylic acids is 2. The summed E-state index contributed by atoms with van der Waals surface area (Å²) in [6, 6.07) is 9.83. The van der Waals surface area contributed by atoms with Crippen LogP contribution in [-0.2, 0) is 27.2 Å². The molecule has 0 aliphatic carbocycles. The Morgan fingerprint density at radius 2 is 2.11 bits per heavy atom. The number of nitrogens with zero attached hydrogens (tertiary/aromatic N) is 3. The van der Waals surface area contributed by atoms with Gasteiger partial charge in [0.25, 0.3) is 0 Å². The van der Waals surface area contributed by atoms with Crippen molar-refractivity contribution in [3.8, 4) is 0 Å². The summed E-state index contributed by atoms with van der Waals surface area (Å²) < 4.78 is 5.48. The summed E-state index contributed by atoms with van der Waals surface area (Å²) in [5.74, 6) is 0.311. The van der Waals surface area contributed by atoms with Gasteiger partial charge in [0.05, 0.1) is 18.4 Å². The van der Waals surface area contributed by atoms with E-state index in [1.165, 1.54) is 0 Å². The maximum Gasteiger partial charge on any atom is 0.314 e. The smallest absolute Gasteiger partial charge is 0.314 e. The number of amides is 1. The zero-order chi connectivity index (χ0) is 19.7. The number of nitrogens with one attached hydrogen (secondary N) is 1. The van der Waals surface area contributed by atoms with Crippen LogP contribution in [0.4, 0.5) is 5.95 Å². The molecule has 2 aliphatic heterocycles. The predicted octanol–water partition coefficient (Wildman–Crippen LogP) is 1.48. The molecule has 2 bridgehead atoms. The molecule has 2 fully saturated rings. The first-order chi connectivity index (χ1) is 13.5. The Bertz CT molecular complexity index is 868. The van der Waals surface area contributed by atoms with Gasteiger partial charge in [0.1, 0.15) is 5.82 Å². The van der Waals surface area contributed by atoms with Crippen LogP contribution in [0.1, 0.15) is 37.6 Å². The SMILES string of the molecule is CCOC(=O)[C@@]1(Cc2ccccc2)C[C@H]2CC[C@@H]1N2C(=O)Cc1nc(N)n[nH]1. The molecular weight excluding hydrogens is 358 g/mol. The fraction of sp³-hybridized carbons (Fsp3) is 0.500. The highest BCUT2D eigenvalue weighted by Gasteiger charge is 2.61. The third-order valence-corrected chi connectivity index (χ3v) is 5.94. The minimum absolute atomic E-state index is 0.0471. The zero-order valence-electron chi connectivity index (χ0n) is 15.9. The van der Waals surface area contributed by atoms with Crippen LogP contribution >= 0.6 is 0 Å². The van der Waals surface area contributed by atoms with Crippen molar-refractivity contribution >= 4 is 17.8 Å². The van der Waals surface area contributed by atoms with E-state index in [-0.39, 0.29) is 36.3 Å². The summed E-state index contributed by atoms with van der Waals surface area (Å²) in [5, 5.41) is 6.47. The highest BCUT2D eigenvalue weighted by molar-refractivity contribution is 5.84. The standard InChI is InChI=1S/C20H25N5O3/c1-2-28-18(27)20(11-13-6-4-3-5-7-13)12-14-8-9-15(20)25(14)17(26)10-16-22-19(21)24-23-16/h3-7,14-15H,2,8-12H2,1H3,(H3,21,22,23,24)/t14-,15+,20+/m1/s1. The summed E-state index contributed by atoms with van der Waals surface area (Å²) in [6.45, 7) is 2.15. The number of fused-ring (bicyclic) bond motifs is 2. The molecule has 8 nitrogen and oxygen atoms in total. The molecule has 3 atom stereocenters. The van der Waals surface area contributed by atoms with Crippen LogP contribution in [0.3, 0.4) is 0 Å². The number of aromatic nitrogens is 3. The molecule has 28 heavy (non-hydrogen) atoms. The first-order valence-electron chi connectivity index (χ1n) is 9.72. The van der Waals surface area contributed by atoms with Crippen molar-refractivity contribution in [1.29, 1.82) is 0 Å². The van der Waals surface area contributed by atoms with Gasteiger partial charge in [0, 0.05) is 12.1 Å². The number of nitrogens with two attached hydrogens (primary N) is 1. The van der Waals surface area contributed by atoms with E-state index in [2.05, 4.69) is 15.2 Å². The Balaban J connectivity index is 1.61. The van der Waals surface area contributed by atoms with Gasteiger partial charge in [-0.15, -0.1) is 5.10 Å². The number of carbonyl (C=O) groups is 2. The van der Waals surface area contributed by atoms with E-state index in [1.807, 2.05) is 42.2 Å². The Labute approximate surface area is 163 Å².